The van der Waals surface area contributed by atoms with Crippen LogP contribution in [0.1, 0.15) is 44.9 Å². The van der Waals surface area contributed by atoms with E-state index in [1.165, 1.54) is 11.5 Å². The molecule has 1 aromatic heterocycles. The summed E-state index contributed by atoms with van der Waals surface area (Å²) >= 11 is 1.09. The van der Waals surface area contributed by atoms with Crippen LogP contribution in [0.4, 0.5) is 5.69 Å². The first kappa shape index (κ1) is 28.7. The van der Waals surface area contributed by atoms with Gasteiger partial charge in [-0.3, -0.25) is 19.0 Å². The molecular formula is C31H29N3O7S. The summed E-state index contributed by atoms with van der Waals surface area (Å²) < 4.78 is 18.1. The molecule has 0 spiro atoms. The second kappa shape index (κ2) is 11.6. The maximum atomic E-state index is 14.3. The van der Waals surface area contributed by atoms with Crippen LogP contribution in [0.25, 0.3) is 5.57 Å². The number of ether oxygens (including phenoxy) is 3. The Morgan fingerprint density at radius 1 is 1.10 bits per heavy atom. The van der Waals surface area contributed by atoms with Crippen LogP contribution in [0.2, 0.25) is 0 Å². The van der Waals surface area contributed by atoms with Gasteiger partial charge in [-0.1, -0.05) is 41.7 Å². The number of anilines is 1. The van der Waals surface area contributed by atoms with E-state index < -0.39 is 23.5 Å². The van der Waals surface area contributed by atoms with E-state index in [0.29, 0.717) is 27.3 Å². The van der Waals surface area contributed by atoms with Crippen molar-refractivity contribution in [2.24, 2.45) is 4.99 Å². The quantitative estimate of drug-likeness (QED) is 0.226. The fourth-order valence-electron chi connectivity index (χ4n) is 5.17. The number of carbonyl (C=O) groups is 3. The monoisotopic (exact) mass is 587 g/mol. The van der Waals surface area contributed by atoms with Gasteiger partial charge in [-0.25, -0.2) is 9.79 Å². The molecule has 0 saturated heterocycles. The molecule has 2 aliphatic heterocycles. The lowest BCUT2D eigenvalue weighted by Gasteiger charge is -2.25. The van der Waals surface area contributed by atoms with Crippen molar-refractivity contribution in [3.8, 4) is 11.5 Å². The zero-order valence-electron chi connectivity index (χ0n) is 23.6. The van der Waals surface area contributed by atoms with Crippen molar-refractivity contribution >= 4 is 40.4 Å². The van der Waals surface area contributed by atoms with Gasteiger partial charge in [-0.2, -0.15) is 0 Å². The summed E-state index contributed by atoms with van der Waals surface area (Å²) in [6, 6.07) is 11.2. The first-order chi connectivity index (χ1) is 20.2. The maximum absolute atomic E-state index is 14.3. The summed E-state index contributed by atoms with van der Waals surface area (Å²) in [4.78, 5) is 59.5. The number of fused-ring (bicyclic) bond motifs is 2. The fourth-order valence-corrected chi connectivity index (χ4v) is 6.31. The third-order valence-corrected chi connectivity index (χ3v) is 7.84. The molecule has 1 unspecified atom stereocenters. The Bertz CT molecular complexity index is 1850. The highest BCUT2D eigenvalue weighted by Gasteiger charge is 2.37. The number of esters is 2. The standard InChI is InChI=1S/C31H29N3O7S/c1-6-15-33-21-12-10-9-11-20(21)25(28(33)36)27-29(37)34-26(24(30(38)40-8-3)17(4)32-31(34)42-27)19-13-14-22(41-18(5)35)23(16-19)39-7-2/h6,9-14,16,26H,1,7-8,15H2,2-5H3. The second-order valence-electron chi connectivity index (χ2n) is 9.45. The van der Waals surface area contributed by atoms with E-state index in [-0.39, 0.29) is 52.8 Å². The Morgan fingerprint density at radius 2 is 1.86 bits per heavy atom. The van der Waals surface area contributed by atoms with E-state index in [9.17, 15) is 19.2 Å². The SMILES string of the molecule is C=CCN1C(=O)C(=c2sc3n(c2=O)C(c2ccc(OC(C)=O)c(OCC)c2)C(C(=O)OCC)=C(C)N=3)c2ccccc21. The van der Waals surface area contributed by atoms with Gasteiger partial charge >= 0.3 is 11.9 Å². The van der Waals surface area contributed by atoms with E-state index in [0.717, 1.165) is 11.3 Å². The Kier molecular flexibility index (Phi) is 7.95. The van der Waals surface area contributed by atoms with Gasteiger partial charge in [0.05, 0.1) is 41.8 Å². The number of amides is 1. The number of thiazole rings is 1. The van der Waals surface area contributed by atoms with Crippen LogP contribution in [-0.4, -0.2) is 42.2 Å². The fraction of sp³-hybridized carbons (Fsp3) is 0.258. The van der Waals surface area contributed by atoms with E-state index in [1.807, 2.05) is 18.2 Å². The first-order valence-corrected chi connectivity index (χ1v) is 14.2. The number of benzene rings is 2. The molecular weight excluding hydrogens is 558 g/mol. The van der Waals surface area contributed by atoms with Crippen molar-refractivity contribution < 1.29 is 28.6 Å². The molecule has 0 fully saturated rings. The molecule has 2 aliphatic rings. The minimum absolute atomic E-state index is 0.122. The normalized spacial score (nSPS) is 16.9. The zero-order chi connectivity index (χ0) is 30.1. The van der Waals surface area contributed by atoms with Crippen LogP contribution in [0.5, 0.6) is 11.5 Å². The molecule has 42 heavy (non-hydrogen) atoms. The molecule has 0 saturated carbocycles. The number of carbonyl (C=O) groups excluding carboxylic acids is 3. The van der Waals surface area contributed by atoms with Crippen molar-refractivity contribution in [3.05, 3.63) is 97.2 Å². The molecule has 0 bridgehead atoms. The number of nitrogens with zero attached hydrogens (tertiary/aromatic N) is 3. The molecule has 3 aromatic rings. The molecule has 216 valence electrons. The zero-order valence-corrected chi connectivity index (χ0v) is 24.4. The van der Waals surface area contributed by atoms with Gasteiger partial charge in [-0.05, 0) is 44.5 Å². The molecule has 1 atom stereocenters. The minimum atomic E-state index is -0.948. The summed E-state index contributed by atoms with van der Waals surface area (Å²) in [5.41, 5.74) is 2.19. The van der Waals surface area contributed by atoms with E-state index in [2.05, 4.69) is 11.6 Å². The number of hydrogen-bond donors (Lipinski definition) is 0. The molecule has 5 rings (SSSR count). The highest BCUT2D eigenvalue weighted by atomic mass is 32.1. The molecule has 2 aromatic carbocycles. The Labute approximate surface area is 245 Å². The highest BCUT2D eigenvalue weighted by molar-refractivity contribution is 7.07. The average Bonchev–Trinajstić information content (AvgIpc) is 3.41. The molecule has 11 heteroatoms. The lowest BCUT2D eigenvalue weighted by atomic mass is 9.95. The van der Waals surface area contributed by atoms with Gasteiger partial charge in [0.2, 0.25) is 0 Å². The van der Waals surface area contributed by atoms with E-state index in [4.69, 9.17) is 14.2 Å². The largest absolute Gasteiger partial charge is 0.490 e. The summed E-state index contributed by atoms with van der Waals surface area (Å²) in [6.07, 6.45) is 1.63. The number of hydrogen-bond acceptors (Lipinski definition) is 9. The van der Waals surface area contributed by atoms with Crippen LogP contribution >= 0.6 is 11.3 Å². The molecule has 0 N–H and O–H groups in total. The number of para-hydroxylation sites is 1. The lowest BCUT2D eigenvalue weighted by Crippen LogP contribution is -2.41. The number of rotatable bonds is 8. The van der Waals surface area contributed by atoms with Crippen molar-refractivity contribution in [2.75, 3.05) is 24.7 Å². The maximum Gasteiger partial charge on any atom is 0.338 e. The molecule has 3 heterocycles. The van der Waals surface area contributed by atoms with Crippen LogP contribution < -0.4 is 29.3 Å². The van der Waals surface area contributed by atoms with Gasteiger partial charge in [0, 0.05) is 19.0 Å². The average molecular weight is 588 g/mol. The van der Waals surface area contributed by atoms with E-state index in [1.54, 1.807) is 56.0 Å². The molecule has 1 amide bonds. The van der Waals surface area contributed by atoms with Gasteiger partial charge in [0.1, 0.15) is 4.53 Å². The van der Waals surface area contributed by atoms with Crippen molar-refractivity contribution in [1.29, 1.82) is 0 Å². The van der Waals surface area contributed by atoms with Crippen molar-refractivity contribution in [2.45, 2.75) is 33.7 Å². The Hall–Kier alpha value is -4.77. The molecule has 0 aliphatic carbocycles. The van der Waals surface area contributed by atoms with Gasteiger partial charge in [0.25, 0.3) is 11.5 Å². The van der Waals surface area contributed by atoms with Crippen LogP contribution in [0.3, 0.4) is 0 Å². The van der Waals surface area contributed by atoms with Gasteiger partial charge in [0.15, 0.2) is 16.3 Å². The smallest absolute Gasteiger partial charge is 0.338 e. The second-order valence-corrected chi connectivity index (χ2v) is 10.4. The van der Waals surface area contributed by atoms with Crippen molar-refractivity contribution in [3.63, 3.8) is 0 Å². The van der Waals surface area contributed by atoms with Gasteiger partial charge < -0.3 is 19.1 Å². The predicted molar refractivity (Wildman–Crippen MR) is 157 cm³/mol. The highest BCUT2D eigenvalue weighted by Crippen LogP contribution is 2.37. The third-order valence-electron chi connectivity index (χ3n) is 6.79. The third kappa shape index (κ3) is 4.85. The Morgan fingerprint density at radius 3 is 2.55 bits per heavy atom. The minimum Gasteiger partial charge on any atom is -0.490 e. The Balaban J connectivity index is 1.80. The summed E-state index contributed by atoms with van der Waals surface area (Å²) in [5.74, 6) is -0.982. The van der Waals surface area contributed by atoms with E-state index >= 15 is 0 Å². The van der Waals surface area contributed by atoms with Crippen molar-refractivity contribution in [1.82, 2.24) is 4.57 Å². The predicted octanol–water partition coefficient (Wildman–Crippen LogP) is 3.03. The topological polar surface area (TPSA) is 117 Å². The first-order valence-electron chi connectivity index (χ1n) is 13.4. The molecule has 10 nitrogen and oxygen atoms in total. The molecule has 0 radical (unpaired) electrons. The van der Waals surface area contributed by atoms with Crippen LogP contribution in [0, 0.1) is 0 Å². The van der Waals surface area contributed by atoms with Crippen LogP contribution in [-0.2, 0) is 19.1 Å². The number of aromatic nitrogens is 1. The summed E-state index contributed by atoms with van der Waals surface area (Å²) in [5, 5.41) is 0. The summed E-state index contributed by atoms with van der Waals surface area (Å²) in [7, 11) is 0. The van der Waals surface area contributed by atoms with Crippen LogP contribution in [0.15, 0.2) is 76.2 Å². The lowest BCUT2D eigenvalue weighted by molar-refractivity contribution is -0.139. The number of allylic oxidation sites excluding steroid dienone is 1. The van der Waals surface area contributed by atoms with Gasteiger partial charge in [-0.15, -0.1) is 6.58 Å². The summed E-state index contributed by atoms with van der Waals surface area (Å²) in [6.45, 7) is 10.9.